The van der Waals surface area contributed by atoms with Crippen molar-refractivity contribution in [3.05, 3.63) is 35.9 Å². The van der Waals surface area contributed by atoms with Crippen LogP contribution in [0.3, 0.4) is 0 Å². The first kappa shape index (κ1) is 14.9. The summed E-state index contributed by atoms with van der Waals surface area (Å²) in [6, 6.07) is 9.88. The first-order valence-corrected chi connectivity index (χ1v) is 7.25. The highest BCUT2D eigenvalue weighted by Crippen LogP contribution is 2.17. The van der Waals surface area contributed by atoms with Gasteiger partial charge in [-0.25, -0.2) is 0 Å². The lowest BCUT2D eigenvalue weighted by atomic mass is 10.0. The van der Waals surface area contributed by atoms with Crippen LogP contribution in [0.5, 0.6) is 0 Å². The molecule has 5 heteroatoms. The molecule has 0 aromatic heterocycles. The fourth-order valence-electron chi connectivity index (χ4n) is 2.23. The third kappa shape index (κ3) is 4.28. The van der Waals surface area contributed by atoms with Crippen LogP contribution < -0.4 is 5.32 Å². The van der Waals surface area contributed by atoms with Crippen LogP contribution in [0.2, 0.25) is 0 Å². The maximum atomic E-state index is 11.5. The van der Waals surface area contributed by atoms with Crippen LogP contribution in [-0.4, -0.2) is 42.1 Å². The highest BCUT2D eigenvalue weighted by molar-refractivity contribution is 7.80. The van der Waals surface area contributed by atoms with Gasteiger partial charge in [-0.05, 0) is 24.7 Å². The molecule has 1 saturated heterocycles. The first-order chi connectivity index (χ1) is 9.66. The maximum absolute atomic E-state index is 11.5. The molecule has 0 saturated carbocycles. The quantitative estimate of drug-likeness (QED) is 0.859. The Morgan fingerprint density at radius 1 is 1.35 bits per heavy atom. The van der Waals surface area contributed by atoms with Crippen LogP contribution >= 0.6 is 12.2 Å². The number of hydrogen-bond donors (Lipinski definition) is 1. The van der Waals surface area contributed by atoms with Gasteiger partial charge in [-0.1, -0.05) is 30.3 Å². The van der Waals surface area contributed by atoms with Crippen molar-refractivity contribution in [3.8, 4) is 0 Å². The molecular weight excluding hydrogens is 272 g/mol. The number of nitrogens with zero attached hydrogens (tertiary/aromatic N) is 1. The maximum Gasteiger partial charge on any atom is 0.169 e. The van der Waals surface area contributed by atoms with E-state index < -0.39 is 0 Å². The minimum absolute atomic E-state index is 0.0657. The number of benzene rings is 1. The molecule has 1 aromatic rings. The van der Waals surface area contributed by atoms with Crippen molar-refractivity contribution in [2.24, 2.45) is 0 Å². The summed E-state index contributed by atoms with van der Waals surface area (Å²) in [6.45, 7) is 4.60. The fourth-order valence-corrected chi connectivity index (χ4v) is 2.56. The van der Waals surface area contributed by atoms with Gasteiger partial charge in [-0.15, -0.1) is 0 Å². The Morgan fingerprint density at radius 3 is 2.60 bits per heavy atom. The zero-order valence-electron chi connectivity index (χ0n) is 11.7. The molecule has 1 fully saturated rings. The molecule has 0 unspecified atom stereocenters. The lowest BCUT2D eigenvalue weighted by Crippen LogP contribution is -2.47. The van der Waals surface area contributed by atoms with Gasteiger partial charge in [0, 0.05) is 19.5 Å². The number of rotatable bonds is 4. The SMILES string of the molecule is CC(=O)C[C@@H](NC(=S)N1CCOCC1)c1ccccc1. The topological polar surface area (TPSA) is 41.6 Å². The molecule has 20 heavy (non-hydrogen) atoms. The second kappa shape index (κ2) is 7.36. The number of hydrogen-bond acceptors (Lipinski definition) is 3. The van der Waals surface area contributed by atoms with Crippen LogP contribution in [0.4, 0.5) is 0 Å². The number of ether oxygens (including phenoxy) is 1. The summed E-state index contributed by atoms with van der Waals surface area (Å²) in [5.41, 5.74) is 1.08. The summed E-state index contributed by atoms with van der Waals surface area (Å²) in [7, 11) is 0. The molecule has 4 nitrogen and oxygen atoms in total. The molecule has 0 spiro atoms. The van der Waals surface area contributed by atoms with Gasteiger partial charge in [0.2, 0.25) is 0 Å². The lowest BCUT2D eigenvalue weighted by molar-refractivity contribution is -0.117. The molecule has 1 aliphatic heterocycles. The fraction of sp³-hybridized carbons (Fsp3) is 0.467. The minimum Gasteiger partial charge on any atom is -0.378 e. The van der Waals surface area contributed by atoms with Crippen LogP contribution in [0, 0.1) is 0 Å². The predicted molar refractivity (Wildman–Crippen MR) is 82.6 cm³/mol. The molecule has 1 aromatic carbocycles. The highest BCUT2D eigenvalue weighted by Gasteiger charge is 2.19. The standard InChI is InChI=1S/C15H20N2O2S/c1-12(18)11-14(13-5-3-2-4-6-13)16-15(20)17-7-9-19-10-8-17/h2-6,14H,7-11H2,1H3,(H,16,20)/t14-/m1/s1. The monoisotopic (exact) mass is 292 g/mol. The zero-order chi connectivity index (χ0) is 14.4. The Morgan fingerprint density at radius 2 is 2.00 bits per heavy atom. The molecule has 1 heterocycles. The molecule has 1 N–H and O–H groups in total. The van der Waals surface area contributed by atoms with Crippen molar-refractivity contribution in [2.45, 2.75) is 19.4 Å². The molecule has 108 valence electrons. The molecule has 0 bridgehead atoms. The van der Waals surface area contributed by atoms with Crippen molar-refractivity contribution in [1.82, 2.24) is 10.2 Å². The molecular formula is C15H20N2O2S. The van der Waals surface area contributed by atoms with E-state index in [1.54, 1.807) is 6.92 Å². The second-order valence-electron chi connectivity index (χ2n) is 4.92. The average molecular weight is 292 g/mol. The van der Waals surface area contributed by atoms with E-state index >= 15 is 0 Å². The number of morpholine rings is 1. The van der Waals surface area contributed by atoms with Gasteiger partial charge in [-0.3, -0.25) is 4.79 Å². The van der Waals surface area contributed by atoms with E-state index in [2.05, 4.69) is 10.2 Å². The van der Waals surface area contributed by atoms with E-state index in [0.717, 1.165) is 18.7 Å². The smallest absolute Gasteiger partial charge is 0.169 e. The van der Waals surface area contributed by atoms with Crippen molar-refractivity contribution >= 4 is 23.1 Å². The summed E-state index contributed by atoms with van der Waals surface area (Å²) in [5, 5.41) is 4.01. The van der Waals surface area contributed by atoms with Gasteiger partial charge in [-0.2, -0.15) is 0 Å². The molecule has 2 rings (SSSR count). The van der Waals surface area contributed by atoms with Crippen molar-refractivity contribution in [3.63, 3.8) is 0 Å². The van der Waals surface area contributed by atoms with E-state index in [0.29, 0.717) is 24.7 Å². The number of nitrogens with one attached hydrogen (secondary N) is 1. The van der Waals surface area contributed by atoms with E-state index in [1.165, 1.54) is 0 Å². The molecule has 0 aliphatic carbocycles. The van der Waals surface area contributed by atoms with E-state index in [-0.39, 0.29) is 11.8 Å². The van der Waals surface area contributed by atoms with Crippen molar-refractivity contribution in [2.75, 3.05) is 26.3 Å². The Labute approximate surface area is 125 Å². The van der Waals surface area contributed by atoms with Gasteiger partial charge in [0.1, 0.15) is 5.78 Å². The van der Waals surface area contributed by atoms with Crippen molar-refractivity contribution < 1.29 is 9.53 Å². The zero-order valence-corrected chi connectivity index (χ0v) is 12.5. The van der Waals surface area contributed by atoms with Gasteiger partial charge < -0.3 is 15.0 Å². The number of carbonyl (C=O) groups excluding carboxylic acids is 1. The van der Waals surface area contributed by atoms with E-state index in [9.17, 15) is 4.79 Å². The van der Waals surface area contributed by atoms with Gasteiger partial charge in [0.05, 0.1) is 19.3 Å². The van der Waals surface area contributed by atoms with E-state index in [4.69, 9.17) is 17.0 Å². The van der Waals surface area contributed by atoms with E-state index in [1.807, 2.05) is 30.3 Å². The molecule has 1 atom stereocenters. The summed E-state index contributed by atoms with van der Waals surface area (Å²) in [6.07, 6.45) is 0.439. The van der Waals surface area contributed by atoms with Crippen LogP contribution in [0.1, 0.15) is 24.9 Å². The second-order valence-corrected chi connectivity index (χ2v) is 5.31. The van der Waals surface area contributed by atoms with Gasteiger partial charge >= 0.3 is 0 Å². The third-order valence-electron chi connectivity index (χ3n) is 3.29. The molecule has 0 amide bonds. The normalized spacial score (nSPS) is 16.6. The van der Waals surface area contributed by atoms with Gasteiger partial charge in [0.25, 0.3) is 0 Å². The minimum atomic E-state index is -0.0657. The first-order valence-electron chi connectivity index (χ1n) is 6.84. The third-order valence-corrected chi connectivity index (χ3v) is 3.67. The van der Waals surface area contributed by atoms with Crippen LogP contribution in [0.15, 0.2) is 30.3 Å². The number of thiocarbonyl (C=S) groups is 1. The number of carbonyl (C=O) groups is 1. The van der Waals surface area contributed by atoms with Crippen molar-refractivity contribution in [1.29, 1.82) is 0 Å². The predicted octanol–water partition coefficient (Wildman–Crippen LogP) is 1.91. The van der Waals surface area contributed by atoms with Gasteiger partial charge in [0.15, 0.2) is 5.11 Å². The van der Waals surface area contributed by atoms with Crippen LogP contribution in [0.25, 0.3) is 0 Å². The molecule has 1 aliphatic rings. The Balaban J connectivity index is 2.03. The summed E-state index contributed by atoms with van der Waals surface area (Å²) < 4.78 is 5.32. The summed E-state index contributed by atoms with van der Waals surface area (Å²) >= 11 is 5.45. The average Bonchev–Trinajstić information content (AvgIpc) is 2.48. The van der Waals surface area contributed by atoms with Crippen LogP contribution in [-0.2, 0) is 9.53 Å². The number of Topliss-reactive ketones (excluding diaryl/α,β-unsaturated/α-hetero) is 1. The summed E-state index contributed by atoms with van der Waals surface area (Å²) in [4.78, 5) is 13.6. The lowest BCUT2D eigenvalue weighted by Gasteiger charge is -2.31. The highest BCUT2D eigenvalue weighted by atomic mass is 32.1. The summed E-state index contributed by atoms with van der Waals surface area (Å²) in [5.74, 6) is 0.149. The largest absolute Gasteiger partial charge is 0.378 e. The Kier molecular flexibility index (Phi) is 5.49. The Hall–Kier alpha value is -1.46. The number of ketones is 1. The Bertz CT molecular complexity index is 458. The molecule has 0 radical (unpaired) electrons.